The maximum atomic E-state index is 13.7. The van der Waals surface area contributed by atoms with Crippen LogP contribution >= 0.6 is 0 Å². The summed E-state index contributed by atoms with van der Waals surface area (Å²) in [5.41, 5.74) is 8.36. The molecule has 0 bridgehead atoms. The van der Waals surface area contributed by atoms with Crippen molar-refractivity contribution in [3.63, 3.8) is 0 Å². The van der Waals surface area contributed by atoms with Crippen LogP contribution in [0.1, 0.15) is 35.2 Å². The second kappa shape index (κ2) is 5.06. The zero-order valence-corrected chi connectivity index (χ0v) is 12.8. The number of carbonyl (C=O) groups excluding carboxylic acids is 1. The van der Waals surface area contributed by atoms with E-state index in [0.717, 1.165) is 43.3 Å². The van der Waals surface area contributed by atoms with Gasteiger partial charge in [0.05, 0.1) is 11.1 Å². The van der Waals surface area contributed by atoms with Gasteiger partial charge in [-0.15, -0.1) is 0 Å². The van der Waals surface area contributed by atoms with Crippen molar-refractivity contribution in [2.45, 2.75) is 19.3 Å². The predicted molar refractivity (Wildman–Crippen MR) is 85.0 cm³/mol. The normalized spacial score (nSPS) is 19.1. The highest BCUT2D eigenvalue weighted by Crippen LogP contribution is 2.32. The molecule has 0 spiro atoms. The second-order valence-electron chi connectivity index (χ2n) is 6.06. The Bertz CT molecular complexity index is 912. The van der Waals surface area contributed by atoms with E-state index in [-0.39, 0.29) is 5.56 Å². The van der Waals surface area contributed by atoms with Crippen LogP contribution in [0.25, 0.3) is 16.7 Å². The highest BCUT2D eigenvalue weighted by molar-refractivity contribution is 6.05. The summed E-state index contributed by atoms with van der Waals surface area (Å²) >= 11 is 0. The lowest BCUT2D eigenvalue weighted by Crippen LogP contribution is -2.19. The molecule has 3 heterocycles. The first-order valence-electron chi connectivity index (χ1n) is 7.79. The molecule has 3 aromatic rings. The number of nitrogens with two attached hydrogens (primary N) is 1. The van der Waals surface area contributed by atoms with Gasteiger partial charge in [-0.1, -0.05) is 6.92 Å². The Morgan fingerprint density at radius 1 is 1.52 bits per heavy atom. The Kier molecular flexibility index (Phi) is 3.12. The van der Waals surface area contributed by atoms with Gasteiger partial charge in [0.15, 0.2) is 5.65 Å². The van der Waals surface area contributed by atoms with Crippen LogP contribution in [-0.4, -0.2) is 45.0 Å². The number of hydrogen-bond acceptors (Lipinski definition) is 3. The van der Waals surface area contributed by atoms with Gasteiger partial charge < -0.3 is 10.6 Å². The Morgan fingerprint density at radius 3 is 3.04 bits per heavy atom. The van der Waals surface area contributed by atoms with E-state index in [4.69, 9.17) is 5.73 Å². The first-order valence-corrected chi connectivity index (χ1v) is 7.79. The maximum absolute atomic E-state index is 13.7. The molecule has 4 rings (SSSR count). The minimum atomic E-state index is -0.662. The minimum absolute atomic E-state index is 0.141. The quantitative estimate of drug-likeness (QED) is 0.774. The number of rotatable bonds is 3. The van der Waals surface area contributed by atoms with E-state index in [1.165, 1.54) is 6.07 Å². The standard InChI is InChI=1S/C16H18FN5O/c1-2-21-4-3-9(8-21)12-7-19-22-14-11(15(18)23)5-10(17)6-13(14)20-16(12)22/h5-7,9,19H,2-4,8H2,1H3,(H2,18,23). The zero-order valence-electron chi connectivity index (χ0n) is 12.8. The molecule has 1 atom stereocenters. The van der Waals surface area contributed by atoms with E-state index in [9.17, 15) is 9.18 Å². The number of imidazole rings is 1. The van der Waals surface area contributed by atoms with Gasteiger partial charge in [-0.3, -0.25) is 9.89 Å². The maximum Gasteiger partial charge on any atom is 0.251 e. The largest absolute Gasteiger partial charge is 0.366 e. The lowest BCUT2D eigenvalue weighted by molar-refractivity contribution is 0.100. The molecule has 120 valence electrons. The predicted octanol–water partition coefficient (Wildman–Crippen LogP) is 1.86. The molecule has 0 radical (unpaired) electrons. The molecule has 1 aliphatic heterocycles. The summed E-state index contributed by atoms with van der Waals surface area (Å²) in [6.45, 7) is 5.25. The van der Waals surface area contributed by atoms with Crippen LogP contribution in [0.15, 0.2) is 18.3 Å². The first kappa shape index (κ1) is 14.2. The van der Waals surface area contributed by atoms with Crippen molar-refractivity contribution in [2.75, 3.05) is 19.6 Å². The summed E-state index contributed by atoms with van der Waals surface area (Å²) < 4.78 is 15.5. The number of halogens is 1. The summed E-state index contributed by atoms with van der Waals surface area (Å²) in [6, 6.07) is 2.49. The Balaban J connectivity index is 1.90. The number of likely N-dealkylation sites (N-methyl/N-ethyl adjacent to an activating group) is 1. The van der Waals surface area contributed by atoms with Gasteiger partial charge in [-0.25, -0.2) is 13.9 Å². The molecule has 7 heteroatoms. The van der Waals surface area contributed by atoms with Crippen molar-refractivity contribution in [3.05, 3.63) is 35.3 Å². The average molecular weight is 315 g/mol. The number of carbonyl (C=O) groups is 1. The highest BCUT2D eigenvalue weighted by Gasteiger charge is 2.27. The van der Waals surface area contributed by atoms with Gasteiger partial charge in [-0.2, -0.15) is 0 Å². The SMILES string of the molecule is CCN1CCC(c2c[nH]n3c2nc2cc(F)cc(C(N)=O)c23)C1. The number of primary amides is 1. The molecule has 1 aliphatic rings. The van der Waals surface area contributed by atoms with Crippen LogP contribution in [0.2, 0.25) is 0 Å². The van der Waals surface area contributed by atoms with Gasteiger partial charge in [-0.05, 0) is 25.6 Å². The Hall–Kier alpha value is -2.41. The topological polar surface area (TPSA) is 79.4 Å². The third kappa shape index (κ3) is 2.11. The Labute approximate surface area is 132 Å². The molecule has 1 aromatic carbocycles. The molecular formula is C16H18FN5O. The fraction of sp³-hybridized carbons (Fsp3) is 0.375. The number of nitrogens with one attached hydrogen (secondary N) is 1. The van der Waals surface area contributed by atoms with Crippen molar-refractivity contribution in [1.29, 1.82) is 0 Å². The molecule has 1 fully saturated rings. The average Bonchev–Trinajstić information content (AvgIpc) is 3.19. The number of fused-ring (bicyclic) bond motifs is 3. The molecule has 3 N–H and O–H groups in total. The van der Waals surface area contributed by atoms with Crippen molar-refractivity contribution >= 4 is 22.6 Å². The van der Waals surface area contributed by atoms with E-state index in [1.807, 2.05) is 6.20 Å². The van der Waals surface area contributed by atoms with E-state index < -0.39 is 11.7 Å². The molecule has 2 aromatic heterocycles. The molecule has 1 saturated heterocycles. The van der Waals surface area contributed by atoms with Gasteiger partial charge in [0.2, 0.25) is 0 Å². The van der Waals surface area contributed by atoms with Crippen molar-refractivity contribution in [2.24, 2.45) is 5.73 Å². The number of nitrogens with zero attached hydrogens (tertiary/aromatic N) is 3. The van der Waals surface area contributed by atoms with Gasteiger partial charge in [0.1, 0.15) is 11.3 Å². The van der Waals surface area contributed by atoms with Crippen molar-refractivity contribution in [1.82, 2.24) is 19.5 Å². The van der Waals surface area contributed by atoms with Crippen LogP contribution in [0.3, 0.4) is 0 Å². The van der Waals surface area contributed by atoms with Gasteiger partial charge >= 0.3 is 0 Å². The molecule has 0 saturated carbocycles. The fourth-order valence-electron chi connectivity index (χ4n) is 3.56. The molecule has 6 nitrogen and oxygen atoms in total. The summed E-state index contributed by atoms with van der Waals surface area (Å²) in [6.07, 6.45) is 3.00. The number of likely N-dealkylation sites (tertiary alicyclic amines) is 1. The molecular weight excluding hydrogens is 297 g/mol. The van der Waals surface area contributed by atoms with E-state index in [0.29, 0.717) is 17.0 Å². The Morgan fingerprint density at radius 2 is 2.35 bits per heavy atom. The highest BCUT2D eigenvalue weighted by atomic mass is 19.1. The summed E-state index contributed by atoms with van der Waals surface area (Å²) in [5.74, 6) is -0.778. The van der Waals surface area contributed by atoms with Gasteiger partial charge in [0, 0.05) is 30.3 Å². The second-order valence-corrected chi connectivity index (χ2v) is 6.06. The number of aromatic amines is 1. The summed E-state index contributed by atoms with van der Waals surface area (Å²) in [5, 5.41) is 3.14. The number of aromatic nitrogens is 3. The first-order chi connectivity index (χ1) is 11.1. The minimum Gasteiger partial charge on any atom is -0.366 e. The third-order valence-corrected chi connectivity index (χ3v) is 4.75. The smallest absolute Gasteiger partial charge is 0.251 e. The van der Waals surface area contributed by atoms with Crippen LogP contribution in [0.4, 0.5) is 4.39 Å². The van der Waals surface area contributed by atoms with Crippen LogP contribution in [0.5, 0.6) is 0 Å². The van der Waals surface area contributed by atoms with Crippen LogP contribution in [0, 0.1) is 5.82 Å². The summed E-state index contributed by atoms with van der Waals surface area (Å²) in [7, 11) is 0. The van der Waals surface area contributed by atoms with E-state index >= 15 is 0 Å². The molecule has 1 amide bonds. The monoisotopic (exact) mass is 315 g/mol. The lowest BCUT2D eigenvalue weighted by atomic mass is 10.0. The number of hydrogen-bond donors (Lipinski definition) is 2. The summed E-state index contributed by atoms with van der Waals surface area (Å²) in [4.78, 5) is 18.6. The van der Waals surface area contributed by atoms with Crippen molar-refractivity contribution < 1.29 is 9.18 Å². The zero-order chi connectivity index (χ0) is 16.1. The lowest BCUT2D eigenvalue weighted by Gasteiger charge is -2.11. The van der Waals surface area contributed by atoms with E-state index in [2.05, 4.69) is 21.9 Å². The third-order valence-electron chi connectivity index (χ3n) is 4.75. The van der Waals surface area contributed by atoms with E-state index in [1.54, 1.807) is 4.52 Å². The number of benzene rings is 1. The molecule has 1 unspecified atom stereocenters. The van der Waals surface area contributed by atoms with Crippen molar-refractivity contribution in [3.8, 4) is 0 Å². The fourth-order valence-corrected chi connectivity index (χ4v) is 3.56. The number of H-pyrrole nitrogens is 1. The van der Waals surface area contributed by atoms with Crippen LogP contribution in [-0.2, 0) is 0 Å². The molecule has 0 aliphatic carbocycles. The molecule has 23 heavy (non-hydrogen) atoms. The van der Waals surface area contributed by atoms with Gasteiger partial charge in [0.25, 0.3) is 5.91 Å². The van der Waals surface area contributed by atoms with Crippen LogP contribution < -0.4 is 5.73 Å². The number of amides is 1.